The van der Waals surface area contributed by atoms with Crippen molar-refractivity contribution in [1.82, 2.24) is 10.2 Å². The van der Waals surface area contributed by atoms with Crippen molar-refractivity contribution in [3.05, 3.63) is 52.5 Å². The lowest BCUT2D eigenvalue weighted by molar-refractivity contribution is -0.133. The summed E-state index contributed by atoms with van der Waals surface area (Å²) in [7, 11) is 0. The minimum atomic E-state index is -1.10. The van der Waals surface area contributed by atoms with Crippen LogP contribution in [0.4, 0.5) is 4.79 Å². The molecule has 150 valence electrons. The van der Waals surface area contributed by atoms with Crippen LogP contribution in [0.5, 0.6) is 17.2 Å². The van der Waals surface area contributed by atoms with Gasteiger partial charge in [0.1, 0.15) is 5.75 Å². The first kappa shape index (κ1) is 18.1. The maximum absolute atomic E-state index is 13.4. The molecule has 0 saturated carbocycles. The first-order valence-corrected chi connectivity index (χ1v) is 9.91. The highest BCUT2D eigenvalue weighted by atomic mass is 35.5. The van der Waals surface area contributed by atoms with E-state index in [-0.39, 0.29) is 12.5 Å². The fraction of sp³-hybridized carbons (Fsp3) is 0.333. The molecule has 3 aliphatic rings. The van der Waals surface area contributed by atoms with Gasteiger partial charge in [-0.1, -0.05) is 29.8 Å². The number of benzene rings is 2. The van der Waals surface area contributed by atoms with Crippen LogP contribution in [0.3, 0.4) is 0 Å². The first-order valence-electron chi connectivity index (χ1n) is 9.53. The molecule has 3 aliphatic heterocycles. The number of nitrogens with zero attached hydrogens (tertiary/aromatic N) is 1. The Labute approximate surface area is 172 Å². The van der Waals surface area contributed by atoms with Gasteiger partial charge < -0.3 is 19.5 Å². The second-order valence-corrected chi connectivity index (χ2v) is 7.68. The summed E-state index contributed by atoms with van der Waals surface area (Å²) in [5, 5.41) is 3.30. The number of hydrogen-bond donors (Lipinski definition) is 1. The van der Waals surface area contributed by atoms with Crippen molar-refractivity contribution in [1.29, 1.82) is 0 Å². The average Bonchev–Trinajstić information content (AvgIpc) is 2.89. The number of imide groups is 1. The molecule has 1 fully saturated rings. The summed E-state index contributed by atoms with van der Waals surface area (Å²) in [5.41, 5.74) is 0.282. The lowest BCUT2D eigenvalue weighted by Gasteiger charge is -2.33. The SMILES string of the molecule is O=C1N[C@]2(CCOc3ccccc32)C(=O)N1Cc1cc(Cl)c2c(c1)OCCCO2. The quantitative estimate of drug-likeness (QED) is 0.763. The Morgan fingerprint density at radius 2 is 1.83 bits per heavy atom. The number of halogens is 1. The molecule has 1 N–H and O–H groups in total. The van der Waals surface area contributed by atoms with Gasteiger partial charge in [0.25, 0.3) is 5.91 Å². The van der Waals surface area contributed by atoms with E-state index in [0.29, 0.717) is 59.6 Å². The van der Waals surface area contributed by atoms with Crippen LogP contribution in [0.2, 0.25) is 5.02 Å². The van der Waals surface area contributed by atoms with Crippen molar-refractivity contribution >= 4 is 23.5 Å². The van der Waals surface area contributed by atoms with Gasteiger partial charge in [0.15, 0.2) is 17.0 Å². The van der Waals surface area contributed by atoms with Gasteiger partial charge in [0.2, 0.25) is 0 Å². The third-order valence-electron chi connectivity index (χ3n) is 5.46. The van der Waals surface area contributed by atoms with Crippen molar-refractivity contribution < 1.29 is 23.8 Å². The lowest BCUT2D eigenvalue weighted by atomic mass is 9.84. The van der Waals surface area contributed by atoms with Crippen LogP contribution in [0.15, 0.2) is 36.4 Å². The van der Waals surface area contributed by atoms with Crippen molar-refractivity contribution in [3.63, 3.8) is 0 Å². The zero-order valence-electron chi connectivity index (χ0n) is 15.6. The normalized spacial score (nSPS) is 22.7. The zero-order chi connectivity index (χ0) is 20.0. The molecule has 1 atom stereocenters. The fourth-order valence-electron chi connectivity index (χ4n) is 4.07. The van der Waals surface area contributed by atoms with E-state index < -0.39 is 11.6 Å². The van der Waals surface area contributed by atoms with Crippen molar-refractivity contribution in [2.45, 2.75) is 24.9 Å². The largest absolute Gasteiger partial charge is 0.493 e. The summed E-state index contributed by atoms with van der Waals surface area (Å²) in [6.07, 6.45) is 1.14. The average molecular weight is 415 g/mol. The van der Waals surface area contributed by atoms with E-state index in [2.05, 4.69) is 5.32 Å². The number of carbonyl (C=O) groups excluding carboxylic acids is 2. The van der Waals surface area contributed by atoms with Crippen LogP contribution >= 0.6 is 11.6 Å². The number of carbonyl (C=O) groups is 2. The molecule has 3 amide bonds. The molecule has 2 aromatic carbocycles. The molecule has 5 rings (SSSR count). The Morgan fingerprint density at radius 3 is 2.72 bits per heavy atom. The maximum Gasteiger partial charge on any atom is 0.325 e. The number of nitrogens with one attached hydrogen (secondary N) is 1. The second-order valence-electron chi connectivity index (χ2n) is 7.28. The molecule has 1 saturated heterocycles. The van der Waals surface area contributed by atoms with Crippen molar-refractivity contribution in [2.24, 2.45) is 0 Å². The molecule has 3 heterocycles. The van der Waals surface area contributed by atoms with Crippen LogP contribution in [-0.2, 0) is 16.9 Å². The van der Waals surface area contributed by atoms with E-state index in [0.717, 1.165) is 6.42 Å². The molecule has 7 nitrogen and oxygen atoms in total. The van der Waals surface area contributed by atoms with Gasteiger partial charge in [-0.2, -0.15) is 0 Å². The second kappa shape index (κ2) is 6.84. The molecule has 8 heteroatoms. The molecule has 2 aromatic rings. The number of ether oxygens (including phenoxy) is 3. The number of rotatable bonds is 2. The summed E-state index contributed by atoms with van der Waals surface area (Å²) in [6, 6.07) is 10.4. The molecule has 0 unspecified atom stereocenters. The van der Waals surface area contributed by atoms with Crippen molar-refractivity contribution in [3.8, 4) is 17.2 Å². The van der Waals surface area contributed by atoms with E-state index >= 15 is 0 Å². The minimum absolute atomic E-state index is 0.0891. The fourth-order valence-corrected chi connectivity index (χ4v) is 4.36. The Balaban J connectivity index is 1.47. The van der Waals surface area contributed by atoms with Crippen LogP contribution in [0, 0.1) is 0 Å². The summed E-state index contributed by atoms with van der Waals surface area (Å²) in [6.45, 7) is 1.50. The number of amides is 3. The summed E-state index contributed by atoms with van der Waals surface area (Å²) < 4.78 is 17.0. The van der Waals surface area contributed by atoms with Crippen LogP contribution < -0.4 is 19.5 Å². The smallest absolute Gasteiger partial charge is 0.325 e. The van der Waals surface area contributed by atoms with Crippen LogP contribution in [0.25, 0.3) is 0 Å². The highest BCUT2D eigenvalue weighted by molar-refractivity contribution is 6.32. The van der Waals surface area contributed by atoms with Gasteiger partial charge >= 0.3 is 6.03 Å². The lowest BCUT2D eigenvalue weighted by Crippen LogP contribution is -2.47. The molecule has 0 radical (unpaired) electrons. The van der Waals surface area contributed by atoms with E-state index in [1.807, 2.05) is 24.3 Å². The molecule has 29 heavy (non-hydrogen) atoms. The predicted molar refractivity (Wildman–Crippen MR) is 104 cm³/mol. The maximum atomic E-state index is 13.4. The van der Waals surface area contributed by atoms with Gasteiger partial charge in [0, 0.05) is 18.4 Å². The molecule has 0 aliphatic carbocycles. The Kier molecular flexibility index (Phi) is 4.28. The monoisotopic (exact) mass is 414 g/mol. The summed E-state index contributed by atoms with van der Waals surface area (Å²) >= 11 is 6.36. The van der Waals surface area contributed by atoms with E-state index in [1.165, 1.54) is 4.90 Å². The number of para-hydroxylation sites is 1. The van der Waals surface area contributed by atoms with E-state index in [1.54, 1.807) is 12.1 Å². The van der Waals surface area contributed by atoms with Gasteiger partial charge in [-0.25, -0.2) is 4.79 Å². The van der Waals surface area contributed by atoms with Gasteiger partial charge in [-0.15, -0.1) is 0 Å². The van der Waals surface area contributed by atoms with Crippen LogP contribution in [-0.4, -0.2) is 36.7 Å². The summed E-state index contributed by atoms with van der Waals surface area (Å²) in [5.74, 6) is 1.36. The predicted octanol–water partition coefficient (Wildman–Crippen LogP) is 3.23. The topological polar surface area (TPSA) is 77.1 Å². The highest BCUT2D eigenvalue weighted by Crippen LogP contribution is 2.42. The van der Waals surface area contributed by atoms with Gasteiger partial charge in [0.05, 0.1) is 31.4 Å². The van der Waals surface area contributed by atoms with Crippen LogP contribution in [0.1, 0.15) is 24.0 Å². The number of fused-ring (bicyclic) bond motifs is 3. The molecule has 0 bridgehead atoms. The Morgan fingerprint density at radius 1 is 1.03 bits per heavy atom. The molecular formula is C21H19ClN2O5. The zero-order valence-corrected chi connectivity index (χ0v) is 16.3. The third-order valence-corrected chi connectivity index (χ3v) is 5.74. The Bertz CT molecular complexity index is 1010. The number of urea groups is 1. The molecule has 0 aromatic heterocycles. The molecular weight excluding hydrogens is 396 g/mol. The standard InChI is InChI=1S/C21H19ClN2O5/c22-15-10-13(11-17-18(15)29-8-3-7-27-17)12-24-19(25)21(23-20(24)26)6-9-28-16-5-2-1-4-14(16)21/h1-2,4-5,10-11H,3,6-9,12H2,(H,23,26)/t21-/m0/s1. The van der Waals surface area contributed by atoms with Gasteiger partial charge in [-0.3, -0.25) is 9.69 Å². The summed E-state index contributed by atoms with van der Waals surface area (Å²) in [4.78, 5) is 27.4. The number of hydrogen-bond acceptors (Lipinski definition) is 5. The molecule has 1 spiro atoms. The minimum Gasteiger partial charge on any atom is -0.493 e. The Hall–Kier alpha value is -2.93. The van der Waals surface area contributed by atoms with Gasteiger partial charge in [-0.05, 0) is 23.8 Å². The van der Waals surface area contributed by atoms with E-state index in [4.69, 9.17) is 25.8 Å². The third kappa shape index (κ3) is 2.88. The first-order chi connectivity index (χ1) is 14.1. The highest BCUT2D eigenvalue weighted by Gasteiger charge is 2.54. The van der Waals surface area contributed by atoms with E-state index in [9.17, 15) is 9.59 Å². The van der Waals surface area contributed by atoms with Crippen molar-refractivity contribution in [2.75, 3.05) is 19.8 Å².